The molecule has 138 valence electrons. The summed E-state index contributed by atoms with van der Waals surface area (Å²) in [4.78, 5) is 27.3. The van der Waals surface area contributed by atoms with E-state index in [2.05, 4.69) is 10.00 Å². The summed E-state index contributed by atoms with van der Waals surface area (Å²) in [6.07, 6.45) is 0. The van der Waals surface area contributed by atoms with Crippen LogP contribution in [0.2, 0.25) is 0 Å². The molecule has 9 heteroatoms. The van der Waals surface area contributed by atoms with E-state index in [1.807, 2.05) is 0 Å². The van der Waals surface area contributed by atoms with Crippen molar-refractivity contribution in [3.8, 4) is 0 Å². The van der Waals surface area contributed by atoms with Gasteiger partial charge in [0.15, 0.2) is 0 Å². The summed E-state index contributed by atoms with van der Waals surface area (Å²) in [5, 5.41) is 15.3. The van der Waals surface area contributed by atoms with E-state index in [-0.39, 0.29) is 28.8 Å². The number of nitro groups is 1. The van der Waals surface area contributed by atoms with Gasteiger partial charge in [-0.25, -0.2) is 4.39 Å². The predicted octanol–water partition coefficient (Wildman–Crippen LogP) is 1.73. The van der Waals surface area contributed by atoms with Gasteiger partial charge >= 0.3 is 5.69 Å². The maximum atomic E-state index is 13.0. The van der Waals surface area contributed by atoms with Crippen LogP contribution in [0, 0.1) is 22.9 Å². The van der Waals surface area contributed by atoms with Crippen LogP contribution in [0.5, 0.6) is 0 Å². The molecule has 2 aromatic rings. The fourth-order valence-corrected chi connectivity index (χ4v) is 3.21. The van der Waals surface area contributed by atoms with Crippen LogP contribution in [-0.4, -0.2) is 56.6 Å². The van der Waals surface area contributed by atoms with Gasteiger partial charge in [-0.3, -0.25) is 24.5 Å². The highest BCUT2D eigenvalue weighted by molar-refractivity contribution is 5.97. The topological polar surface area (TPSA) is 84.5 Å². The molecule has 1 fully saturated rings. The van der Waals surface area contributed by atoms with Crippen molar-refractivity contribution >= 4 is 11.6 Å². The Labute approximate surface area is 150 Å². The molecular formula is C17H20FN5O3. The number of amides is 1. The van der Waals surface area contributed by atoms with Gasteiger partial charge in [-0.05, 0) is 24.6 Å². The highest BCUT2D eigenvalue weighted by atomic mass is 19.1. The molecule has 1 aliphatic rings. The number of hydrogen-bond acceptors (Lipinski definition) is 5. The number of nitrogens with zero attached hydrogens (tertiary/aromatic N) is 5. The highest BCUT2D eigenvalue weighted by Gasteiger charge is 2.33. The molecule has 0 radical (unpaired) electrons. The van der Waals surface area contributed by atoms with E-state index in [1.165, 1.54) is 30.8 Å². The van der Waals surface area contributed by atoms with Crippen LogP contribution in [0.1, 0.15) is 21.7 Å². The zero-order valence-electron chi connectivity index (χ0n) is 14.7. The molecule has 8 nitrogen and oxygen atoms in total. The number of carbonyl (C=O) groups is 1. The quantitative estimate of drug-likeness (QED) is 0.612. The average molecular weight is 361 g/mol. The third-order valence-electron chi connectivity index (χ3n) is 4.55. The number of piperazine rings is 1. The lowest BCUT2D eigenvalue weighted by molar-refractivity contribution is -0.385. The molecule has 26 heavy (non-hydrogen) atoms. The van der Waals surface area contributed by atoms with Crippen LogP contribution in [0.15, 0.2) is 24.3 Å². The average Bonchev–Trinajstić information content (AvgIpc) is 2.91. The SMILES string of the molecule is Cc1nn(C)c(C(=O)N2CCN(Cc3ccc(F)cc3)CC2)c1[N+](=O)[O-]. The Morgan fingerprint density at radius 1 is 1.23 bits per heavy atom. The first kappa shape index (κ1) is 18.0. The van der Waals surface area contributed by atoms with E-state index in [9.17, 15) is 19.3 Å². The van der Waals surface area contributed by atoms with E-state index in [0.29, 0.717) is 32.7 Å². The summed E-state index contributed by atoms with van der Waals surface area (Å²) in [7, 11) is 1.54. The molecule has 1 aromatic carbocycles. The molecule has 2 heterocycles. The Kier molecular flexibility index (Phi) is 4.99. The predicted molar refractivity (Wildman–Crippen MR) is 92.2 cm³/mol. The zero-order chi connectivity index (χ0) is 18.8. The van der Waals surface area contributed by atoms with Gasteiger partial charge in [0.2, 0.25) is 5.69 Å². The van der Waals surface area contributed by atoms with Crippen molar-refractivity contribution in [2.24, 2.45) is 7.05 Å². The smallest absolute Gasteiger partial charge is 0.322 e. The molecule has 0 bridgehead atoms. The summed E-state index contributed by atoms with van der Waals surface area (Å²) >= 11 is 0. The van der Waals surface area contributed by atoms with Crippen LogP contribution in [-0.2, 0) is 13.6 Å². The number of benzene rings is 1. The van der Waals surface area contributed by atoms with Gasteiger partial charge in [-0.15, -0.1) is 0 Å². The second-order valence-electron chi connectivity index (χ2n) is 6.36. The lowest BCUT2D eigenvalue weighted by Gasteiger charge is -2.34. The van der Waals surface area contributed by atoms with E-state index >= 15 is 0 Å². The summed E-state index contributed by atoms with van der Waals surface area (Å²) in [6, 6.07) is 6.35. The largest absolute Gasteiger partial charge is 0.335 e. The third kappa shape index (κ3) is 3.57. The molecule has 1 saturated heterocycles. The monoisotopic (exact) mass is 361 g/mol. The van der Waals surface area contributed by atoms with Crippen molar-refractivity contribution in [3.63, 3.8) is 0 Å². The van der Waals surface area contributed by atoms with Crippen molar-refractivity contribution < 1.29 is 14.1 Å². The Balaban J connectivity index is 1.66. The normalized spacial score (nSPS) is 15.3. The molecule has 1 aliphatic heterocycles. The van der Waals surface area contributed by atoms with Gasteiger partial charge in [0.25, 0.3) is 5.91 Å². The summed E-state index contributed by atoms with van der Waals surface area (Å²) < 4.78 is 14.3. The first-order valence-corrected chi connectivity index (χ1v) is 8.31. The van der Waals surface area contributed by atoms with Crippen molar-refractivity contribution in [3.05, 3.63) is 57.1 Å². The van der Waals surface area contributed by atoms with Crippen molar-refractivity contribution in [2.75, 3.05) is 26.2 Å². The molecular weight excluding hydrogens is 341 g/mol. The van der Waals surface area contributed by atoms with Gasteiger partial charge in [-0.1, -0.05) is 12.1 Å². The Morgan fingerprint density at radius 2 is 1.85 bits per heavy atom. The number of aryl methyl sites for hydroxylation is 2. The van der Waals surface area contributed by atoms with Crippen LogP contribution in [0.4, 0.5) is 10.1 Å². The maximum Gasteiger partial charge on any atom is 0.322 e. The Hall–Kier alpha value is -2.81. The third-order valence-corrected chi connectivity index (χ3v) is 4.55. The molecule has 1 aromatic heterocycles. The lowest BCUT2D eigenvalue weighted by Crippen LogP contribution is -2.48. The molecule has 0 spiro atoms. The lowest BCUT2D eigenvalue weighted by atomic mass is 10.2. The molecule has 0 saturated carbocycles. The number of carbonyl (C=O) groups excluding carboxylic acids is 1. The molecule has 0 atom stereocenters. The van der Waals surface area contributed by atoms with Crippen LogP contribution >= 0.6 is 0 Å². The Morgan fingerprint density at radius 3 is 2.42 bits per heavy atom. The summed E-state index contributed by atoms with van der Waals surface area (Å²) in [5.74, 6) is -0.640. The second kappa shape index (κ2) is 7.20. The van der Waals surface area contributed by atoms with Gasteiger partial charge in [0.1, 0.15) is 11.5 Å². The zero-order valence-corrected chi connectivity index (χ0v) is 14.7. The van der Waals surface area contributed by atoms with E-state index < -0.39 is 4.92 Å². The van der Waals surface area contributed by atoms with Crippen LogP contribution in [0.25, 0.3) is 0 Å². The maximum absolute atomic E-state index is 13.0. The van der Waals surface area contributed by atoms with Gasteiger partial charge in [0.05, 0.1) is 4.92 Å². The molecule has 0 aliphatic carbocycles. The summed E-state index contributed by atoms with van der Waals surface area (Å²) in [6.45, 7) is 4.44. The summed E-state index contributed by atoms with van der Waals surface area (Å²) in [5.41, 5.74) is 1.02. The Bertz CT molecular complexity index is 826. The number of rotatable bonds is 4. The van der Waals surface area contributed by atoms with Crippen molar-refractivity contribution in [1.82, 2.24) is 19.6 Å². The van der Waals surface area contributed by atoms with Crippen LogP contribution in [0.3, 0.4) is 0 Å². The fraction of sp³-hybridized carbons (Fsp3) is 0.412. The minimum Gasteiger partial charge on any atom is -0.335 e. The molecule has 3 rings (SSSR count). The van der Waals surface area contributed by atoms with Crippen molar-refractivity contribution in [1.29, 1.82) is 0 Å². The second-order valence-corrected chi connectivity index (χ2v) is 6.36. The van der Waals surface area contributed by atoms with E-state index in [0.717, 1.165) is 5.56 Å². The molecule has 0 unspecified atom stereocenters. The minimum absolute atomic E-state index is 0.0134. The highest BCUT2D eigenvalue weighted by Crippen LogP contribution is 2.24. The standard InChI is InChI=1S/C17H20FN5O3/c1-12-15(23(25)26)16(20(2)19-12)17(24)22-9-7-21(8-10-22)11-13-3-5-14(18)6-4-13/h3-6H,7-11H2,1-2H3. The number of aromatic nitrogens is 2. The van der Waals surface area contributed by atoms with Gasteiger partial charge in [-0.2, -0.15) is 5.10 Å². The van der Waals surface area contributed by atoms with Gasteiger partial charge in [0, 0.05) is 39.8 Å². The van der Waals surface area contributed by atoms with Crippen molar-refractivity contribution in [2.45, 2.75) is 13.5 Å². The van der Waals surface area contributed by atoms with E-state index in [1.54, 1.807) is 17.0 Å². The first-order valence-electron chi connectivity index (χ1n) is 8.31. The molecule has 0 N–H and O–H groups in total. The fourth-order valence-electron chi connectivity index (χ4n) is 3.21. The van der Waals surface area contributed by atoms with Crippen LogP contribution < -0.4 is 0 Å². The molecule has 1 amide bonds. The number of hydrogen-bond donors (Lipinski definition) is 0. The first-order chi connectivity index (χ1) is 12.4. The minimum atomic E-state index is -0.555. The van der Waals surface area contributed by atoms with Gasteiger partial charge < -0.3 is 4.90 Å². The number of halogens is 1. The van der Waals surface area contributed by atoms with E-state index in [4.69, 9.17) is 0 Å².